The van der Waals surface area contributed by atoms with Gasteiger partial charge in [0, 0.05) is 55.4 Å². The first-order valence-electron chi connectivity index (χ1n) is 32.8. The summed E-state index contributed by atoms with van der Waals surface area (Å²) in [7, 11) is 0. The monoisotopic (exact) mass is 1250 g/mol. The number of rotatable bonds is 21. The molecule has 11 rings (SSSR count). The van der Waals surface area contributed by atoms with Crippen LogP contribution in [0.3, 0.4) is 0 Å². The highest BCUT2D eigenvalue weighted by Crippen LogP contribution is 2.49. The first kappa shape index (κ1) is 64.7. The van der Waals surface area contributed by atoms with Crippen LogP contribution < -0.4 is 16.0 Å². The van der Waals surface area contributed by atoms with Crippen LogP contribution in [0.2, 0.25) is 0 Å². The minimum atomic E-state index is -0.841. The van der Waals surface area contributed by atoms with Crippen LogP contribution in [0.15, 0.2) is 149 Å². The molecule has 92 heavy (non-hydrogen) atoms. The number of aromatic nitrogens is 2. The number of nitrogens with zero attached hydrogens (tertiary/aromatic N) is 5. The van der Waals surface area contributed by atoms with Gasteiger partial charge in [0.15, 0.2) is 22.9 Å². The second-order valence-electron chi connectivity index (χ2n) is 27.0. The highest BCUT2D eigenvalue weighted by Gasteiger charge is 2.49. The van der Waals surface area contributed by atoms with E-state index in [9.17, 15) is 37.5 Å². The van der Waals surface area contributed by atoms with Gasteiger partial charge in [-0.3, -0.25) is 28.8 Å². The van der Waals surface area contributed by atoms with E-state index in [1.807, 2.05) is 47.4 Å². The van der Waals surface area contributed by atoms with E-state index in [0.29, 0.717) is 99.6 Å². The summed E-state index contributed by atoms with van der Waals surface area (Å²) in [6.07, 6.45) is 5.85. The molecule has 16 nitrogen and oxygen atoms in total. The van der Waals surface area contributed by atoms with E-state index in [2.05, 4.69) is 104 Å². The van der Waals surface area contributed by atoms with Crippen molar-refractivity contribution in [2.75, 3.05) is 26.2 Å². The molecule has 4 aliphatic rings. The number of benzene rings is 5. The summed E-state index contributed by atoms with van der Waals surface area (Å²) in [5.41, 5.74) is 6.31. The van der Waals surface area contributed by atoms with Gasteiger partial charge in [0.1, 0.15) is 29.8 Å². The Morgan fingerprint density at radius 3 is 1.60 bits per heavy atom. The lowest BCUT2D eigenvalue weighted by atomic mass is 9.91. The molecule has 4 fully saturated rings. The third-order valence-electron chi connectivity index (χ3n) is 18.9. The number of hydrogen-bond acceptors (Lipinski definition) is 10. The molecule has 10 unspecified atom stereocenters. The van der Waals surface area contributed by atoms with Gasteiger partial charge in [0.25, 0.3) is 11.8 Å². The van der Waals surface area contributed by atoms with Crippen molar-refractivity contribution in [2.24, 2.45) is 35.5 Å². The van der Waals surface area contributed by atoms with Gasteiger partial charge in [0.2, 0.25) is 23.6 Å². The molecule has 5 aromatic carbocycles. The van der Waals surface area contributed by atoms with Crippen molar-refractivity contribution in [2.45, 2.75) is 142 Å². The summed E-state index contributed by atoms with van der Waals surface area (Å²) in [6.45, 7) is 14.1. The van der Waals surface area contributed by atoms with Crippen LogP contribution in [0.4, 0.5) is 8.78 Å². The molecule has 1 saturated carbocycles. The van der Waals surface area contributed by atoms with Crippen LogP contribution in [0, 0.1) is 47.1 Å². The van der Waals surface area contributed by atoms with Gasteiger partial charge in [-0.1, -0.05) is 131 Å². The van der Waals surface area contributed by atoms with Crippen molar-refractivity contribution in [1.29, 1.82) is 0 Å². The number of halogens is 2. The smallest absolute Gasteiger partial charge is 0.276 e. The lowest BCUT2D eigenvalue weighted by molar-refractivity contribution is -0.141. The molecule has 7 aromatic rings. The summed E-state index contributed by atoms with van der Waals surface area (Å²) in [5.74, 6) is -0.958. The van der Waals surface area contributed by atoms with E-state index < -0.39 is 47.6 Å². The number of nitrogens with one attached hydrogen (secondary N) is 3. The molecule has 1 aliphatic carbocycles. The summed E-state index contributed by atoms with van der Waals surface area (Å²) < 4.78 is 38.8. The molecule has 6 amide bonds. The van der Waals surface area contributed by atoms with Gasteiger partial charge < -0.3 is 39.7 Å². The van der Waals surface area contributed by atoms with Crippen molar-refractivity contribution in [3.8, 4) is 22.6 Å². The Labute approximate surface area is 537 Å². The standard InChI is InChI=1S/C74H84F2N8O8/c1-44(2)34-50-42-77-69(85)66(84(43-50)74(90)63-41-68(92-81-63)55-23-27-57(76)28-24-55)38-47(6)37-49-15-19-52(20-16-49)60-30-32-82(73(89)62-40-67(91-80-62)54-21-25-56(75)26-22-54)64(70(86)78-60)29-12-46(5)36-48-13-17-53(18-14-48)61-31-33-83(65(35-45(3)4)71(87)79-61)72(88)59-39-58(59)51-10-8-7-9-11-51/h7-11,13-28,40-41,44-47,50,58-61,64-66H,12,29-39,42-43H2,1-6H3,(H,77,85)(H,78,86)(H,79,87). The molecule has 0 radical (unpaired) electrons. The summed E-state index contributed by atoms with van der Waals surface area (Å²) in [5, 5.41) is 18.0. The zero-order valence-electron chi connectivity index (χ0n) is 53.4. The Morgan fingerprint density at radius 1 is 0.554 bits per heavy atom. The molecule has 2 aromatic heterocycles. The average Bonchev–Trinajstić information content (AvgIpc) is 1.77. The van der Waals surface area contributed by atoms with Crippen LogP contribution in [0.1, 0.15) is 160 Å². The Bertz CT molecular complexity index is 3710. The molecule has 0 bridgehead atoms. The second kappa shape index (κ2) is 28.8. The van der Waals surface area contributed by atoms with Crippen LogP contribution in [-0.4, -0.2) is 105 Å². The van der Waals surface area contributed by atoms with Crippen molar-refractivity contribution >= 4 is 35.4 Å². The zero-order chi connectivity index (χ0) is 64.7. The zero-order valence-corrected chi connectivity index (χ0v) is 53.4. The maximum atomic E-state index is 14.7. The fourth-order valence-electron chi connectivity index (χ4n) is 13.9. The predicted molar refractivity (Wildman–Crippen MR) is 345 cm³/mol. The first-order chi connectivity index (χ1) is 44.3. The normalized spacial score (nSPS) is 22.6. The quantitative estimate of drug-likeness (QED) is 0.0622. The number of carbonyl (C=O) groups is 6. The van der Waals surface area contributed by atoms with Gasteiger partial charge in [-0.05, 0) is 176 Å². The third kappa shape index (κ3) is 15.6. The van der Waals surface area contributed by atoms with Gasteiger partial charge in [-0.25, -0.2) is 8.78 Å². The lowest BCUT2D eigenvalue weighted by Crippen LogP contribution is -2.48. The SMILES string of the molecule is CC(C)CC1CNC(=O)C(CC(C)Cc2ccc(C3CCN(C(=O)c4cc(-c5ccc(F)cc5)on4)C(CCC(C)Cc4ccc(C5CCN(C(=O)C6CC6c6ccccc6)C(CC(C)C)C(=O)N5)cc4)C(=O)N3)cc2)N(C(=O)c2cc(-c3ccc(F)cc3)on2)C1. The van der Waals surface area contributed by atoms with E-state index in [-0.39, 0.29) is 83.1 Å². The average molecular weight is 1250 g/mol. The Kier molecular flexibility index (Phi) is 20.3. The summed E-state index contributed by atoms with van der Waals surface area (Å²) in [4.78, 5) is 90.9. The molecule has 482 valence electrons. The molecule has 5 heterocycles. The second-order valence-corrected chi connectivity index (χ2v) is 27.0. The fourth-order valence-corrected chi connectivity index (χ4v) is 13.9. The topological polar surface area (TPSA) is 200 Å². The van der Waals surface area contributed by atoms with Crippen molar-refractivity contribution in [1.82, 2.24) is 41.0 Å². The molecule has 0 spiro atoms. The van der Waals surface area contributed by atoms with Crippen LogP contribution >= 0.6 is 0 Å². The Hall–Kier alpha value is -8.80. The molecule has 3 saturated heterocycles. The highest BCUT2D eigenvalue weighted by atomic mass is 19.1. The Balaban J connectivity index is 0.745. The van der Waals surface area contributed by atoms with E-state index in [0.717, 1.165) is 40.7 Å². The molecular weight excluding hydrogens is 1170 g/mol. The number of amides is 6. The van der Waals surface area contributed by atoms with Crippen molar-refractivity contribution < 1.29 is 46.6 Å². The molecule has 3 N–H and O–H groups in total. The van der Waals surface area contributed by atoms with Gasteiger partial charge in [0.05, 0.1) is 12.1 Å². The van der Waals surface area contributed by atoms with Gasteiger partial charge >= 0.3 is 0 Å². The van der Waals surface area contributed by atoms with Gasteiger partial charge in [-0.15, -0.1) is 0 Å². The lowest BCUT2D eigenvalue weighted by Gasteiger charge is -2.31. The first-order valence-corrected chi connectivity index (χ1v) is 32.8. The maximum Gasteiger partial charge on any atom is 0.276 e. The van der Waals surface area contributed by atoms with Crippen LogP contribution in [-0.2, 0) is 32.0 Å². The summed E-state index contributed by atoms with van der Waals surface area (Å²) >= 11 is 0. The largest absolute Gasteiger partial charge is 0.355 e. The summed E-state index contributed by atoms with van der Waals surface area (Å²) in [6, 6.07) is 38.1. The van der Waals surface area contributed by atoms with E-state index >= 15 is 0 Å². The van der Waals surface area contributed by atoms with Crippen molar-refractivity contribution in [3.63, 3.8) is 0 Å². The molecule has 18 heteroatoms. The van der Waals surface area contributed by atoms with Crippen LogP contribution in [0.5, 0.6) is 0 Å². The van der Waals surface area contributed by atoms with E-state index in [1.54, 1.807) is 34.1 Å². The molecular formula is C74H84F2N8O8. The maximum absolute atomic E-state index is 14.7. The minimum Gasteiger partial charge on any atom is -0.355 e. The molecule has 10 atom stereocenters. The predicted octanol–water partition coefficient (Wildman–Crippen LogP) is 12.5. The number of carbonyl (C=O) groups excluding carboxylic acids is 6. The van der Waals surface area contributed by atoms with E-state index in [1.165, 1.54) is 36.4 Å². The number of hydrogen-bond donors (Lipinski definition) is 3. The fraction of sp³-hybridized carbons (Fsp3) is 0.432. The Morgan fingerprint density at radius 2 is 1.05 bits per heavy atom. The minimum absolute atomic E-state index is 0.0232. The van der Waals surface area contributed by atoms with E-state index in [4.69, 9.17) is 9.05 Å². The third-order valence-corrected chi connectivity index (χ3v) is 18.9. The van der Waals surface area contributed by atoms with Gasteiger partial charge in [-0.2, -0.15) is 0 Å². The van der Waals surface area contributed by atoms with Crippen LogP contribution in [0.25, 0.3) is 22.6 Å². The van der Waals surface area contributed by atoms with Crippen molar-refractivity contribution in [3.05, 3.63) is 190 Å². The molecule has 3 aliphatic heterocycles. The highest BCUT2D eigenvalue weighted by molar-refractivity contribution is 5.98.